The van der Waals surface area contributed by atoms with Crippen LogP contribution in [-0.4, -0.2) is 51.7 Å². The van der Waals surface area contributed by atoms with Crippen molar-refractivity contribution in [2.45, 2.75) is 25.4 Å². The fourth-order valence-corrected chi connectivity index (χ4v) is 4.86. The minimum absolute atomic E-state index is 0.183. The van der Waals surface area contributed by atoms with Crippen molar-refractivity contribution in [1.82, 2.24) is 10.0 Å². The van der Waals surface area contributed by atoms with E-state index in [0.29, 0.717) is 0 Å². The predicted molar refractivity (Wildman–Crippen MR) is 107 cm³/mol. The van der Waals surface area contributed by atoms with Gasteiger partial charge in [0.15, 0.2) is 23.0 Å². The average Bonchev–Trinajstić information content (AvgIpc) is 3.34. The molecule has 154 valence electrons. The van der Waals surface area contributed by atoms with Crippen LogP contribution < -0.4 is 23.7 Å². The normalized spacial score (nSPS) is 20.3. The van der Waals surface area contributed by atoms with E-state index in [1.165, 1.54) is 22.3 Å². The molecular weight excluding hydrogens is 372 g/mol. The van der Waals surface area contributed by atoms with E-state index in [2.05, 4.69) is 29.2 Å². The standard InChI is InChI=1S/C22H26N2O5/c1-23-8-7-13-9-19-22(29-12-28-19)21(27-4)15(13)10-17-14-5-6-18(25-2)20(26-3)16(14)11-24(17)23/h5-6,9,17H,7-8,10-12H2,1-4H3. The molecule has 0 amide bonds. The largest absolute Gasteiger partial charge is 0.493 e. The van der Waals surface area contributed by atoms with Gasteiger partial charge in [-0.15, -0.1) is 0 Å². The summed E-state index contributed by atoms with van der Waals surface area (Å²) >= 11 is 0. The minimum Gasteiger partial charge on any atom is -0.493 e. The van der Waals surface area contributed by atoms with Gasteiger partial charge in [-0.25, -0.2) is 10.0 Å². The molecule has 1 unspecified atom stereocenters. The third-order valence-electron chi connectivity index (χ3n) is 6.28. The minimum atomic E-state index is 0.183. The highest BCUT2D eigenvalue weighted by molar-refractivity contribution is 5.61. The second kappa shape index (κ2) is 7.00. The number of hydrogen-bond donors (Lipinski definition) is 0. The first-order valence-electron chi connectivity index (χ1n) is 9.86. The van der Waals surface area contributed by atoms with E-state index in [1.807, 2.05) is 6.07 Å². The lowest BCUT2D eigenvalue weighted by atomic mass is 9.91. The Hall–Kier alpha value is -2.64. The number of hydrazine groups is 1. The van der Waals surface area contributed by atoms with Gasteiger partial charge >= 0.3 is 0 Å². The summed E-state index contributed by atoms with van der Waals surface area (Å²) in [6.07, 6.45) is 1.74. The molecule has 1 atom stereocenters. The molecule has 0 spiro atoms. The highest BCUT2D eigenvalue weighted by Gasteiger charge is 2.39. The average molecular weight is 398 g/mol. The van der Waals surface area contributed by atoms with Gasteiger partial charge in [-0.05, 0) is 36.1 Å². The molecule has 5 rings (SSSR count). The van der Waals surface area contributed by atoms with Crippen molar-refractivity contribution in [3.05, 3.63) is 40.5 Å². The van der Waals surface area contributed by atoms with Crippen LogP contribution >= 0.6 is 0 Å². The Labute approximate surface area is 170 Å². The molecule has 29 heavy (non-hydrogen) atoms. The maximum absolute atomic E-state index is 5.81. The zero-order valence-electron chi connectivity index (χ0n) is 17.3. The van der Waals surface area contributed by atoms with Gasteiger partial charge in [0, 0.05) is 31.3 Å². The van der Waals surface area contributed by atoms with E-state index in [9.17, 15) is 0 Å². The van der Waals surface area contributed by atoms with Crippen LogP contribution in [0, 0.1) is 0 Å². The first kappa shape index (κ1) is 18.4. The Morgan fingerprint density at radius 3 is 2.59 bits per heavy atom. The lowest BCUT2D eigenvalue weighted by Crippen LogP contribution is -2.41. The fourth-order valence-electron chi connectivity index (χ4n) is 4.86. The van der Waals surface area contributed by atoms with Crippen LogP contribution in [0.4, 0.5) is 0 Å². The van der Waals surface area contributed by atoms with E-state index in [-0.39, 0.29) is 12.8 Å². The van der Waals surface area contributed by atoms with E-state index >= 15 is 0 Å². The van der Waals surface area contributed by atoms with Crippen molar-refractivity contribution in [3.63, 3.8) is 0 Å². The highest BCUT2D eigenvalue weighted by atomic mass is 16.7. The van der Waals surface area contributed by atoms with Crippen LogP contribution in [0.1, 0.15) is 28.3 Å². The molecular formula is C22H26N2O5. The van der Waals surface area contributed by atoms with Crippen molar-refractivity contribution in [3.8, 4) is 28.7 Å². The summed E-state index contributed by atoms with van der Waals surface area (Å²) in [5.41, 5.74) is 4.91. The highest BCUT2D eigenvalue weighted by Crippen LogP contribution is 2.50. The predicted octanol–water partition coefficient (Wildman–Crippen LogP) is 2.94. The number of ether oxygens (including phenoxy) is 5. The summed E-state index contributed by atoms with van der Waals surface area (Å²) in [6, 6.07) is 6.46. The number of rotatable bonds is 3. The zero-order chi connectivity index (χ0) is 20.1. The van der Waals surface area contributed by atoms with E-state index in [4.69, 9.17) is 23.7 Å². The van der Waals surface area contributed by atoms with Gasteiger partial charge < -0.3 is 23.7 Å². The first-order valence-corrected chi connectivity index (χ1v) is 9.86. The lowest BCUT2D eigenvalue weighted by molar-refractivity contribution is -0.0386. The van der Waals surface area contributed by atoms with Crippen molar-refractivity contribution in [2.75, 3.05) is 41.7 Å². The molecule has 3 aliphatic rings. The second-order valence-electron chi connectivity index (χ2n) is 7.60. The molecule has 7 heteroatoms. The number of benzene rings is 2. The SMILES string of the molecule is COc1ccc2c(c1OC)CN1C2Cc2c(cc3c(c2OC)OCO3)CCN1C. The van der Waals surface area contributed by atoms with Crippen molar-refractivity contribution in [2.24, 2.45) is 0 Å². The molecule has 0 fully saturated rings. The van der Waals surface area contributed by atoms with Crippen molar-refractivity contribution >= 4 is 0 Å². The molecule has 0 bridgehead atoms. The maximum atomic E-state index is 5.81. The Morgan fingerprint density at radius 1 is 1.00 bits per heavy atom. The maximum Gasteiger partial charge on any atom is 0.231 e. The van der Waals surface area contributed by atoms with Crippen LogP contribution in [0.2, 0.25) is 0 Å². The van der Waals surface area contributed by atoms with Crippen molar-refractivity contribution in [1.29, 1.82) is 0 Å². The van der Waals surface area contributed by atoms with Gasteiger partial charge in [-0.2, -0.15) is 0 Å². The molecule has 0 aliphatic carbocycles. The van der Waals surface area contributed by atoms with E-state index in [1.54, 1.807) is 21.3 Å². The third-order valence-corrected chi connectivity index (χ3v) is 6.28. The summed E-state index contributed by atoms with van der Waals surface area (Å²) in [5.74, 6) is 3.89. The van der Waals surface area contributed by atoms with E-state index < -0.39 is 0 Å². The number of hydrogen-bond acceptors (Lipinski definition) is 7. The van der Waals surface area contributed by atoms with Gasteiger partial charge in [-0.3, -0.25) is 0 Å². The first-order chi connectivity index (χ1) is 14.2. The van der Waals surface area contributed by atoms with Crippen molar-refractivity contribution < 1.29 is 23.7 Å². The van der Waals surface area contributed by atoms with Crippen LogP contribution in [0.5, 0.6) is 28.7 Å². The van der Waals surface area contributed by atoms with Gasteiger partial charge in [0.05, 0.1) is 27.4 Å². The number of fused-ring (bicyclic) bond motifs is 5. The molecule has 7 nitrogen and oxygen atoms in total. The van der Waals surface area contributed by atoms with Gasteiger partial charge in [0.25, 0.3) is 0 Å². The molecule has 3 heterocycles. The van der Waals surface area contributed by atoms with E-state index in [0.717, 1.165) is 54.7 Å². The molecule has 3 aliphatic heterocycles. The van der Waals surface area contributed by atoms with Gasteiger partial charge in [-0.1, -0.05) is 6.07 Å². The Bertz CT molecular complexity index is 961. The topological polar surface area (TPSA) is 52.6 Å². The van der Waals surface area contributed by atoms with Crippen LogP contribution in [0.25, 0.3) is 0 Å². The Morgan fingerprint density at radius 2 is 1.83 bits per heavy atom. The molecule has 0 saturated heterocycles. The molecule has 0 saturated carbocycles. The van der Waals surface area contributed by atoms with Crippen LogP contribution in [-0.2, 0) is 19.4 Å². The fraction of sp³-hybridized carbons (Fsp3) is 0.455. The molecule has 2 aromatic carbocycles. The van der Waals surface area contributed by atoms with Gasteiger partial charge in [0.2, 0.25) is 12.5 Å². The Balaban J connectivity index is 1.64. The summed E-state index contributed by atoms with van der Waals surface area (Å²) < 4.78 is 28.4. The zero-order valence-corrected chi connectivity index (χ0v) is 17.3. The summed E-state index contributed by atoms with van der Waals surface area (Å²) in [7, 11) is 7.24. The summed E-state index contributed by atoms with van der Waals surface area (Å²) in [5, 5.41) is 4.73. The monoisotopic (exact) mass is 398 g/mol. The third kappa shape index (κ3) is 2.72. The Kier molecular flexibility index (Phi) is 4.44. The molecule has 0 radical (unpaired) electrons. The number of likely N-dealkylation sites (N-methyl/N-ethyl adjacent to an activating group) is 1. The van der Waals surface area contributed by atoms with Gasteiger partial charge in [0.1, 0.15) is 0 Å². The summed E-state index contributed by atoms with van der Waals surface area (Å²) in [4.78, 5) is 0. The van der Waals surface area contributed by atoms with Crippen LogP contribution in [0.15, 0.2) is 18.2 Å². The molecule has 0 N–H and O–H groups in total. The smallest absolute Gasteiger partial charge is 0.231 e. The lowest BCUT2D eigenvalue weighted by Gasteiger charge is -2.36. The van der Waals surface area contributed by atoms with Crippen LogP contribution in [0.3, 0.4) is 0 Å². The molecule has 2 aromatic rings. The number of nitrogens with zero attached hydrogens (tertiary/aromatic N) is 2. The second-order valence-corrected chi connectivity index (χ2v) is 7.60. The quantitative estimate of drug-likeness (QED) is 0.788. The molecule has 0 aromatic heterocycles. The number of methoxy groups -OCH3 is 3. The summed E-state index contributed by atoms with van der Waals surface area (Å²) in [6.45, 7) is 1.93.